The second kappa shape index (κ2) is 9.42. The van der Waals surface area contributed by atoms with Crippen molar-refractivity contribution in [3.05, 3.63) is 76.7 Å². The fourth-order valence-corrected chi connectivity index (χ4v) is 3.38. The first kappa shape index (κ1) is 22.0. The first-order chi connectivity index (χ1) is 14.8. The number of nitrogens with zero attached hydrogens (tertiary/aromatic N) is 2. The first-order valence-corrected chi connectivity index (χ1v) is 9.87. The highest BCUT2D eigenvalue weighted by Crippen LogP contribution is 2.25. The van der Waals surface area contributed by atoms with E-state index in [2.05, 4.69) is 10.4 Å². The number of hydrogen-bond donors (Lipinski definition) is 2. The molecular weight excluding hydrogens is 401 g/mol. The number of aryl methyl sites for hydroxylation is 2. The summed E-state index contributed by atoms with van der Waals surface area (Å²) in [5, 5.41) is 16.3. The van der Waals surface area contributed by atoms with E-state index in [1.165, 1.54) is 22.9 Å². The predicted octanol–water partition coefficient (Wildman–Crippen LogP) is 3.97. The van der Waals surface area contributed by atoms with Crippen LogP contribution >= 0.6 is 0 Å². The molecule has 162 valence electrons. The number of aliphatic carboxylic acids is 1. The van der Waals surface area contributed by atoms with Gasteiger partial charge in [-0.1, -0.05) is 35.9 Å². The molecule has 0 aliphatic heterocycles. The third-order valence-electron chi connectivity index (χ3n) is 4.77. The van der Waals surface area contributed by atoms with Gasteiger partial charge in [0, 0.05) is 6.07 Å². The number of ether oxygens (including phenoxy) is 1. The minimum atomic E-state index is -1.04. The van der Waals surface area contributed by atoms with Gasteiger partial charge in [-0.2, -0.15) is 9.78 Å². The summed E-state index contributed by atoms with van der Waals surface area (Å²) in [6.07, 6.45) is -0.290. The molecule has 0 radical (unpaired) electrons. The molecule has 0 spiro atoms. The molecule has 1 unspecified atom stereocenters. The van der Waals surface area contributed by atoms with Crippen LogP contribution in [0.1, 0.15) is 46.6 Å². The Labute approximate surface area is 179 Å². The van der Waals surface area contributed by atoms with Crippen LogP contribution in [0.25, 0.3) is 5.69 Å². The highest BCUT2D eigenvalue weighted by molar-refractivity contribution is 5.93. The van der Waals surface area contributed by atoms with Crippen molar-refractivity contribution in [1.82, 2.24) is 15.1 Å². The van der Waals surface area contributed by atoms with E-state index in [1.807, 2.05) is 32.0 Å². The predicted molar refractivity (Wildman–Crippen MR) is 113 cm³/mol. The fraction of sp³-hybridized carbons (Fsp3) is 0.261. The van der Waals surface area contributed by atoms with Crippen LogP contribution in [0.5, 0.6) is 5.88 Å². The maximum Gasteiger partial charge on any atom is 0.305 e. The number of carbonyl (C=O) groups excluding carboxylic acids is 1. The van der Waals surface area contributed by atoms with Gasteiger partial charge in [0.05, 0.1) is 19.1 Å². The zero-order valence-corrected chi connectivity index (χ0v) is 17.6. The van der Waals surface area contributed by atoms with E-state index in [0.29, 0.717) is 12.2 Å². The summed E-state index contributed by atoms with van der Waals surface area (Å²) in [5.41, 5.74) is 2.75. The number of carboxylic acid groups (broad SMARTS) is 1. The number of amides is 1. The number of aromatic nitrogens is 2. The van der Waals surface area contributed by atoms with Crippen molar-refractivity contribution in [3.8, 4) is 11.6 Å². The fourth-order valence-electron chi connectivity index (χ4n) is 3.38. The molecule has 1 amide bonds. The summed E-state index contributed by atoms with van der Waals surface area (Å²) >= 11 is 0. The van der Waals surface area contributed by atoms with Crippen LogP contribution in [0.4, 0.5) is 4.39 Å². The summed E-state index contributed by atoms with van der Waals surface area (Å²) in [4.78, 5) is 24.4. The van der Waals surface area contributed by atoms with E-state index in [9.17, 15) is 19.1 Å². The molecule has 2 aromatic carbocycles. The Morgan fingerprint density at radius 1 is 1.19 bits per heavy atom. The monoisotopic (exact) mass is 425 g/mol. The first-order valence-electron chi connectivity index (χ1n) is 9.87. The van der Waals surface area contributed by atoms with Crippen LogP contribution in [-0.4, -0.2) is 33.4 Å². The Morgan fingerprint density at radius 2 is 1.94 bits per heavy atom. The number of benzene rings is 2. The molecule has 1 atom stereocenters. The number of carbonyl (C=O) groups is 2. The lowest BCUT2D eigenvalue weighted by Gasteiger charge is -2.19. The van der Waals surface area contributed by atoms with E-state index in [4.69, 9.17) is 4.74 Å². The van der Waals surface area contributed by atoms with Crippen molar-refractivity contribution in [3.63, 3.8) is 0 Å². The molecule has 0 saturated heterocycles. The van der Waals surface area contributed by atoms with Crippen LogP contribution in [0.2, 0.25) is 0 Å². The quantitative estimate of drug-likeness (QED) is 0.570. The molecule has 0 aliphatic carbocycles. The second-order valence-corrected chi connectivity index (χ2v) is 7.15. The van der Waals surface area contributed by atoms with Crippen molar-refractivity contribution in [2.24, 2.45) is 0 Å². The van der Waals surface area contributed by atoms with Gasteiger partial charge in [-0.3, -0.25) is 9.59 Å². The lowest BCUT2D eigenvalue weighted by molar-refractivity contribution is -0.137. The number of nitrogens with one attached hydrogen (secondary N) is 1. The van der Waals surface area contributed by atoms with E-state index >= 15 is 0 Å². The summed E-state index contributed by atoms with van der Waals surface area (Å²) in [7, 11) is 0. The minimum Gasteiger partial charge on any atom is -0.481 e. The highest BCUT2D eigenvalue weighted by Gasteiger charge is 2.24. The topological polar surface area (TPSA) is 93.4 Å². The number of carboxylic acids is 1. The molecule has 31 heavy (non-hydrogen) atoms. The lowest BCUT2D eigenvalue weighted by Crippen LogP contribution is -2.31. The highest BCUT2D eigenvalue weighted by atomic mass is 19.1. The molecule has 0 bridgehead atoms. The van der Waals surface area contributed by atoms with Crippen molar-refractivity contribution in [2.45, 2.75) is 33.2 Å². The van der Waals surface area contributed by atoms with Gasteiger partial charge in [-0.25, -0.2) is 4.39 Å². The second-order valence-electron chi connectivity index (χ2n) is 7.15. The van der Waals surface area contributed by atoms with Gasteiger partial charge in [0.1, 0.15) is 11.5 Å². The van der Waals surface area contributed by atoms with Crippen molar-refractivity contribution in [1.29, 1.82) is 0 Å². The van der Waals surface area contributed by atoms with E-state index in [1.54, 1.807) is 19.1 Å². The maximum atomic E-state index is 14.3. The number of hydrogen-bond acceptors (Lipinski definition) is 4. The number of para-hydroxylation sites is 1. The number of halogens is 1. The SMILES string of the molecule is CCOc1cc(C(=O)NC(CC(=O)O)c2ccc(C)cc2C)nn1-c1ccccc1F. The summed E-state index contributed by atoms with van der Waals surface area (Å²) < 4.78 is 21.0. The van der Waals surface area contributed by atoms with Gasteiger partial charge < -0.3 is 15.2 Å². The molecule has 1 heterocycles. The van der Waals surface area contributed by atoms with Crippen molar-refractivity contribution < 1.29 is 23.8 Å². The Kier molecular flexibility index (Phi) is 6.69. The van der Waals surface area contributed by atoms with Gasteiger partial charge in [0.2, 0.25) is 5.88 Å². The average Bonchev–Trinajstić information content (AvgIpc) is 3.12. The van der Waals surface area contributed by atoms with Gasteiger partial charge in [0.25, 0.3) is 5.91 Å². The molecule has 8 heteroatoms. The minimum absolute atomic E-state index is 0.00754. The number of rotatable bonds is 8. The van der Waals surface area contributed by atoms with Gasteiger partial charge in [0.15, 0.2) is 5.69 Å². The van der Waals surface area contributed by atoms with Crippen molar-refractivity contribution in [2.75, 3.05) is 6.61 Å². The summed E-state index contributed by atoms with van der Waals surface area (Å²) in [6, 6.07) is 12.3. The molecule has 3 aromatic rings. The Bertz CT molecular complexity index is 1110. The van der Waals surface area contributed by atoms with Crippen LogP contribution in [-0.2, 0) is 4.79 Å². The molecule has 0 fully saturated rings. The molecule has 7 nitrogen and oxygen atoms in total. The molecule has 0 aliphatic rings. The van der Waals surface area contributed by atoms with E-state index in [-0.39, 0.29) is 23.7 Å². The van der Waals surface area contributed by atoms with Crippen LogP contribution in [0, 0.1) is 19.7 Å². The van der Waals surface area contributed by atoms with Gasteiger partial charge in [-0.05, 0) is 44.0 Å². The van der Waals surface area contributed by atoms with Crippen molar-refractivity contribution >= 4 is 11.9 Å². The largest absolute Gasteiger partial charge is 0.481 e. The van der Waals surface area contributed by atoms with Crippen LogP contribution in [0.15, 0.2) is 48.5 Å². The molecule has 1 aromatic heterocycles. The maximum absolute atomic E-state index is 14.3. The van der Waals surface area contributed by atoms with Crippen LogP contribution < -0.4 is 10.1 Å². The summed E-state index contributed by atoms with van der Waals surface area (Å²) in [6.45, 7) is 5.86. The Balaban J connectivity index is 1.94. The third kappa shape index (κ3) is 5.09. The standard InChI is InChI=1S/C23H24FN3O4/c1-4-31-21-12-19(26-27(21)20-8-6-5-7-17(20)24)23(30)25-18(13-22(28)29)16-10-9-14(2)11-15(16)3/h5-12,18H,4,13H2,1-3H3,(H,25,30)(H,28,29). The van der Waals surface area contributed by atoms with Gasteiger partial charge in [-0.15, -0.1) is 0 Å². The Hall–Kier alpha value is -3.68. The zero-order chi connectivity index (χ0) is 22.5. The lowest BCUT2D eigenvalue weighted by atomic mass is 9.97. The zero-order valence-electron chi connectivity index (χ0n) is 17.6. The summed E-state index contributed by atoms with van der Waals surface area (Å²) in [5.74, 6) is -1.93. The molecule has 0 saturated carbocycles. The van der Waals surface area contributed by atoms with E-state index < -0.39 is 23.7 Å². The molecule has 3 rings (SSSR count). The Morgan fingerprint density at radius 3 is 2.58 bits per heavy atom. The van der Waals surface area contributed by atoms with Gasteiger partial charge >= 0.3 is 5.97 Å². The normalized spacial score (nSPS) is 11.7. The molecule has 2 N–H and O–H groups in total. The average molecular weight is 425 g/mol. The molecular formula is C23H24FN3O4. The van der Waals surface area contributed by atoms with E-state index in [0.717, 1.165) is 11.1 Å². The smallest absolute Gasteiger partial charge is 0.305 e. The third-order valence-corrected chi connectivity index (χ3v) is 4.77. The van der Waals surface area contributed by atoms with Crippen LogP contribution in [0.3, 0.4) is 0 Å².